The minimum atomic E-state index is -0.516. The molecule has 0 amide bonds. The van der Waals surface area contributed by atoms with E-state index in [4.69, 9.17) is 0 Å². The van der Waals surface area contributed by atoms with E-state index >= 15 is 0 Å². The van der Waals surface area contributed by atoms with Gasteiger partial charge in [0.25, 0.3) is 0 Å². The molecule has 1 heteroatoms. The molecule has 176 valence electrons. The van der Waals surface area contributed by atoms with Crippen molar-refractivity contribution >= 4 is 0 Å². The van der Waals surface area contributed by atoms with E-state index in [1.807, 2.05) is 18.3 Å². The van der Waals surface area contributed by atoms with Crippen LogP contribution in [0.4, 0.5) is 0 Å². The molecule has 1 aromatic heterocycles. The van der Waals surface area contributed by atoms with Gasteiger partial charge in [0, 0.05) is 11.8 Å². The fourth-order valence-electron chi connectivity index (χ4n) is 5.38. The van der Waals surface area contributed by atoms with Crippen molar-refractivity contribution in [2.75, 3.05) is 0 Å². The molecule has 0 unspecified atom stereocenters. The fraction of sp³-hybridized carbons (Fsp3) is 0.0278. The molecule has 1 heterocycles. The van der Waals surface area contributed by atoms with E-state index in [-0.39, 0.29) is 0 Å². The minimum absolute atomic E-state index is 0.516. The molecule has 0 spiro atoms. The van der Waals surface area contributed by atoms with Crippen LogP contribution in [0.2, 0.25) is 0 Å². The monoisotopic (exact) mass is 473 g/mol. The van der Waals surface area contributed by atoms with Crippen molar-refractivity contribution in [3.8, 4) is 22.4 Å². The SMILES string of the molecule is c1ccc(-c2cccc(C(c3ccccc3)(c3ccccc3)c3cccc(-c4ccccn4)c3)c2)cc1. The lowest BCUT2D eigenvalue weighted by Crippen LogP contribution is -2.31. The van der Waals surface area contributed by atoms with E-state index in [0.29, 0.717) is 0 Å². The van der Waals surface area contributed by atoms with Crippen LogP contribution in [0.1, 0.15) is 22.3 Å². The summed E-state index contributed by atoms with van der Waals surface area (Å²) in [5.41, 5.74) is 8.86. The Kier molecular flexibility index (Phi) is 6.19. The maximum atomic E-state index is 4.64. The van der Waals surface area contributed by atoms with Crippen molar-refractivity contribution in [2.45, 2.75) is 5.41 Å². The largest absolute Gasteiger partial charge is 0.256 e. The van der Waals surface area contributed by atoms with E-state index in [0.717, 1.165) is 11.3 Å². The van der Waals surface area contributed by atoms with Crippen LogP contribution in [-0.4, -0.2) is 4.98 Å². The fourth-order valence-corrected chi connectivity index (χ4v) is 5.38. The number of rotatable bonds is 6. The van der Waals surface area contributed by atoms with Crippen LogP contribution in [-0.2, 0) is 5.41 Å². The van der Waals surface area contributed by atoms with Gasteiger partial charge < -0.3 is 0 Å². The molecular weight excluding hydrogens is 446 g/mol. The van der Waals surface area contributed by atoms with Crippen molar-refractivity contribution in [1.82, 2.24) is 4.98 Å². The van der Waals surface area contributed by atoms with E-state index in [1.54, 1.807) is 0 Å². The molecule has 1 nitrogen and oxygen atoms in total. The normalized spacial score (nSPS) is 11.2. The molecule has 5 aromatic carbocycles. The van der Waals surface area contributed by atoms with E-state index < -0.39 is 5.41 Å². The molecule has 6 aromatic rings. The minimum Gasteiger partial charge on any atom is -0.256 e. The molecule has 0 saturated heterocycles. The smallest absolute Gasteiger partial charge is 0.0702 e. The maximum Gasteiger partial charge on any atom is 0.0702 e. The van der Waals surface area contributed by atoms with Gasteiger partial charge in [0.05, 0.1) is 11.1 Å². The molecule has 0 aliphatic rings. The summed E-state index contributed by atoms with van der Waals surface area (Å²) in [6.07, 6.45) is 1.85. The maximum absolute atomic E-state index is 4.64. The first-order valence-corrected chi connectivity index (χ1v) is 12.6. The Balaban J connectivity index is 1.68. The third-order valence-electron chi connectivity index (χ3n) is 7.07. The second-order valence-corrected chi connectivity index (χ2v) is 9.22. The summed E-state index contributed by atoms with van der Waals surface area (Å²) >= 11 is 0. The van der Waals surface area contributed by atoms with Gasteiger partial charge in [-0.2, -0.15) is 0 Å². The molecule has 37 heavy (non-hydrogen) atoms. The summed E-state index contributed by atoms with van der Waals surface area (Å²) < 4.78 is 0. The van der Waals surface area contributed by atoms with Crippen molar-refractivity contribution in [3.05, 3.63) is 186 Å². The molecule has 0 saturated carbocycles. The van der Waals surface area contributed by atoms with Gasteiger partial charge in [0.1, 0.15) is 0 Å². The third-order valence-corrected chi connectivity index (χ3v) is 7.07. The molecule has 0 fully saturated rings. The second kappa shape index (κ2) is 10.1. The molecule has 0 atom stereocenters. The number of hydrogen-bond donors (Lipinski definition) is 0. The molecule has 6 rings (SSSR count). The van der Waals surface area contributed by atoms with Crippen LogP contribution in [0.5, 0.6) is 0 Å². The Morgan fingerprint density at radius 2 is 0.811 bits per heavy atom. The molecule has 0 N–H and O–H groups in total. The van der Waals surface area contributed by atoms with E-state index in [2.05, 4.69) is 151 Å². The molecule has 0 aliphatic carbocycles. The highest BCUT2D eigenvalue weighted by atomic mass is 14.7. The molecule has 0 aliphatic heterocycles. The van der Waals surface area contributed by atoms with Crippen molar-refractivity contribution in [2.24, 2.45) is 0 Å². The van der Waals surface area contributed by atoms with Gasteiger partial charge in [-0.15, -0.1) is 0 Å². The van der Waals surface area contributed by atoms with Crippen molar-refractivity contribution < 1.29 is 0 Å². The first kappa shape index (κ1) is 22.7. The van der Waals surface area contributed by atoms with Gasteiger partial charge in [-0.05, 0) is 57.6 Å². The molecular formula is C36H27N. The lowest BCUT2D eigenvalue weighted by atomic mass is 9.64. The number of aromatic nitrogens is 1. The predicted molar refractivity (Wildman–Crippen MR) is 153 cm³/mol. The highest BCUT2D eigenvalue weighted by Gasteiger charge is 2.38. The van der Waals surface area contributed by atoms with Crippen LogP contribution < -0.4 is 0 Å². The summed E-state index contributed by atoms with van der Waals surface area (Å²) in [7, 11) is 0. The first-order valence-electron chi connectivity index (χ1n) is 12.6. The number of hydrogen-bond acceptors (Lipinski definition) is 1. The Labute approximate surface area is 218 Å². The zero-order chi connectivity index (χ0) is 24.9. The zero-order valence-electron chi connectivity index (χ0n) is 20.5. The summed E-state index contributed by atoms with van der Waals surface area (Å²) in [5, 5.41) is 0. The van der Waals surface area contributed by atoms with Gasteiger partial charge >= 0.3 is 0 Å². The zero-order valence-corrected chi connectivity index (χ0v) is 20.5. The van der Waals surface area contributed by atoms with Crippen molar-refractivity contribution in [1.29, 1.82) is 0 Å². The average Bonchev–Trinajstić information content (AvgIpc) is 3.00. The molecule has 0 radical (unpaired) electrons. The lowest BCUT2D eigenvalue weighted by Gasteiger charge is -2.37. The van der Waals surface area contributed by atoms with E-state index in [1.165, 1.54) is 33.4 Å². The van der Waals surface area contributed by atoms with Gasteiger partial charge in [-0.25, -0.2) is 0 Å². The second-order valence-electron chi connectivity index (χ2n) is 9.22. The quantitative estimate of drug-likeness (QED) is 0.220. The highest BCUT2D eigenvalue weighted by molar-refractivity contribution is 5.70. The average molecular weight is 474 g/mol. The highest BCUT2D eigenvalue weighted by Crippen LogP contribution is 2.46. The van der Waals surface area contributed by atoms with Crippen LogP contribution in [0.3, 0.4) is 0 Å². The van der Waals surface area contributed by atoms with Crippen LogP contribution in [0.15, 0.2) is 164 Å². The van der Waals surface area contributed by atoms with Crippen LogP contribution in [0, 0.1) is 0 Å². The van der Waals surface area contributed by atoms with Crippen LogP contribution in [0.25, 0.3) is 22.4 Å². The summed E-state index contributed by atoms with van der Waals surface area (Å²) in [6.45, 7) is 0. The standard InChI is InChI=1S/C36H27N/c1-4-14-28(15-5-1)29-16-12-22-33(26-29)36(31-18-6-2-7-19-31,32-20-8-3-9-21-32)34-23-13-17-30(27-34)35-24-10-11-25-37-35/h1-27H. The Hall–Kier alpha value is -4.75. The number of benzene rings is 5. The Morgan fingerprint density at radius 3 is 1.38 bits per heavy atom. The van der Waals surface area contributed by atoms with E-state index in [9.17, 15) is 0 Å². The van der Waals surface area contributed by atoms with Gasteiger partial charge in [0.2, 0.25) is 0 Å². The Morgan fingerprint density at radius 1 is 0.351 bits per heavy atom. The van der Waals surface area contributed by atoms with Gasteiger partial charge in [0.15, 0.2) is 0 Å². The topological polar surface area (TPSA) is 12.9 Å². The summed E-state index contributed by atoms with van der Waals surface area (Å²) in [5.74, 6) is 0. The van der Waals surface area contributed by atoms with Crippen LogP contribution >= 0.6 is 0 Å². The third kappa shape index (κ3) is 4.26. The summed E-state index contributed by atoms with van der Waals surface area (Å²) in [6, 6.07) is 56.2. The summed E-state index contributed by atoms with van der Waals surface area (Å²) in [4.78, 5) is 4.64. The molecule has 0 bridgehead atoms. The Bertz CT molecular complexity index is 1470. The lowest BCUT2D eigenvalue weighted by molar-refractivity contribution is 0.745. The number of nitrogens with zero attached hydrogens (tertiary/aromatic N) is 1. The first-order chi connectivity index (χ1) is 18.4. The van der Waals surface area contributed by atoms with Crippen molar-refractivity contribution in [3.63, 3.8) is 0 Å². The van der Waals surface area contributed by atoms with Gasteiger partial charge in [-0.1, -0.05) is 133 Å². The number of pyridine rings is 1. The van der Waals surface area contributed by atoms with Gasteiger partial charge in [-0.3, -0.25) is 4.98 Å². The predicted octanol–water partition coefficient (Wildman–Crippen LogP) is 8.80.